The molecule has 5 aromatic carbocycles. The maximum atomic E-state index is 11.5. The molecule has 2 heterocycles. The second-order valence-corrected chi connectivity index (χ2v) is 17.9. The van der Waals surface area contributed by atoms with E-state index in [0.29, 0.717) is 11.8 Å². The molecule has 56 heavy (non-hydrogen) atoms. The van der Waals surface area contributed by atoms with E-state index in [1.165, 1.54) is 44.5 Å². The Kier molecular flexibility index (Phi) is 12.5. The number of pyridine rings is 1. The fourth-order valence-corrected chi connectivity index (χ4v) is 7.13. The topological polar surface area (TPSA) is 63.3 Å². The molecule has 0 aliphatic heterocycles. The second kappa shape index (κ2) is 16.5. The van der Waals surface area contributed by atoms with Gasteiger partial charge in [0.15, 0.2) is 5.78 Å². The van der Waals surface area contributed by atoms with Crippen LogP contribution in [0.3, 0.4) is 0 Å². The summed E-state index contributed by atoms with van der Waals surface area (Å²) >= 11 is 0. The van der Waals surface area contributed by atoms with Crippen molar-refractivity contribution in [2.75, 3.05) is 0 Å². The number of nitrogens with zero attached hydrogens (tertiary/aromatic N) is 1. The van der Waals surface area contributed by atoms with Gasteiger partial charge < -0.3 is 14.5 Å². The summed E-state index contributed by atoms with van der Waals surface area (Å²) in [6, 6.07) is 34.6. The number of para-hydroxylation sites is 1. The number of hydrogen-bond donors (Lipinski definition) is 1. The largest absolute Gasteiger partial charge is 0.512 e. The molecule has 0 aliphatic rings. The van der Waals surface area contributed by atoms with Crippen LogP contribution in [0, 0.1) is 16.9 Å². The molecule has 0 amide bonds. The van der Waals surface area contributed by atoms with Gasteiger partial charge in [0, 0.05) is 48.6 Å². The van der Waals surface area contributed by atoms with Crippen LogP contribution in [0.25, 0.3) is 65.9 Å². The second-order valence-electron chi connectivity index (χ2n) is 17.9. The summed E-state index contributed by atoms with van der Waals surface area (Å²) in [5, 5.41) is 16.6. The van der Waals surface area contributed by atoms with E-state index in [2.05, 4.69) is 120 Å². The van der Waals surface area contributed by atoms with Crippen molar-refractivity contribution in [2.45, 2.75) is 101 Å². The van der Waals surface area contributed by atoms with Gasteiger partial charge >= 0.3 is 0 Å². The van der Waals surface area contributed by atoms with Crippen molar-refractivity contribution in [1.29, 1.82) is 0 Å². The monoisotopic (exact) mass is 923 g/mol. The average Bonchev–Trinajstić information content (AvgIpc) is 3.51. The number of aliphatic hydroxyl groups excluding tert-OH is 1. The van der Waals surface area contributed by atoms with Crippen LogP contribution in [0.5, 0.6) is 0 Å². The van der Waals surface area contributed by atoms with E-state index >= 15 is 0 Å². The van der Waals surface area contributed by atoms with Crippen LogP contribution in [0.2, 0.25) is 0 Å². The maximum Gasteiger partial charge on any atom is 0.164 e. The predicted molar refractivity (Wildman–Crippen MR) is 233 cm³/mol. The number of rotatable bonds is 6. The number of allylic oxidation sites excluding steroid dienone is 2. The fraction of sp³-hybridized carbons (Fsp3) is 0.333. The van der Waals surface area contributed by atoms with Gasteiger partial charge in [0.2, 0.25) is 0 Å². The predicted octanol–water partition coefficient (Wildman–Crippen LogP) is 14.9. The first-order chi connectivity index (χ1) is 25.9. The molecule has 0 unspecified atom stereocenters. The van der Waals surface area contributed by atoms with E-state index in [1.54, 1.807) is 0 Å². The summed E-state index contributed by atoms with van der Waals surface area (Å²) < 4.78 is 6.32. The minimum Gasteiger partial charge on any atom is -0.512 e. The van der Waals surface area contributed by atoms with Gasteiger partial charge in [0.05, 0.1) is 5.58 Å². The number of furan rings is 1. The minimum absolute atomic E-state index is 0. The molecule has 7 rings (SSSR count). The Morgan fingerprint density at radius 1 is 0.696 bits per heavy atom. The number of benzene rings is 5. The molecule has 0 spiro atoms. The van der Waals surface area contributed by atoms with E-state index in [1.807, 2.05) is 59.9 Å². The van der Waals surface area contributed by atoms with Crippen molar-refractivity contribution in [3.63, 3.8) is 0 Å². The Hall–Kier alpha value is -4.57. The molecular formula is C51H56IrNO3-. The van der Waals surface area contributed by atoms with Gasteiger partial charge in [-0.1, -0.05) is 155 Å². The number of ketones is 1. The van der Waals surface area contributed by atoms with E-state index in [-0.39, 0.29) is 43.0 Å². The quantitative estimate of drug-likeness (QED) is 0.0781. The van der Waals surface area contributed by atoms with Crippen LogP contribution < -0.4 is 0 Å². The molecule has 0 atom stereocenters. The molecule has 2 aromatic heterocycles. The average molecular weight is 923 g/mol. The Morgan fingerprint density at radius 3 is 1.95 bits per heavy atom. The number of aromatic nitrogens is 1. The molecule has 293 valence electrons. The normalized spacial score (nSPS) is 12.5. The van der Waals surface area contributed by atoms with Gasteiger partial charge in [-0.15, -0.1) is 17.7 Å². The first kappa shape index (κ1) is 42.6. The number of aliphatic hydroxyl groups is 1. The molecule has 0 saturated carbocycles. The van der Waals surface area contributed by atoms with Gasteiger partial charge in [-0.3, -0.25) is 4.79 Å². The van der Waals surface area contributed by atoms with Crippen LogP contribution in [-0.4, -0.2) is 15.9 Å². The van der Waals surface area contributed by atoms with Gasteiger partial charge in [-0.25, -0.2) is 0 Å². The number of carbonyl (C=O) groups excluding carboxylic acids is 1. The number of fused-ring (bicyclic) bond motifs is 6. The Labute approximate surface area is 346 Å². The summed E-state index contributed by atoms with van der Waals surface area (Å²) in [6.45, 7) is 24.7. The van der Waals surface area contributed by atoms with E-state index in [4.69, 9.17) is 9.40 Å². The van der Waals surface area contributed by atoms with Crippen LogP contribution in [0.4, 0.5) is 0 Å². The van der Waals surface area contributed by atoms with Gasteiger partial charge in [-0.05, 0) is 85.4 Å². The zero-order chi connectivity index (χ0) is 40.0. The van der Waals surface area contributed by atoms with Gasteiger partial charge in [-0.2, -0.15) is 0 Å². The third-order valence-electron chi connectivity index (χ3n) is 10.5. The Balaban J connectivity index is 0.000000371. The first-order valence-electron chi connectivity index (χ1n) is 19.6. The van der Waals surface area contributed by atoms with Crippen LogP contribution in [-0.2, 0) is 24.9 Å². The smallest absolute Gasteiger partial charge is 0.164 e. The van der Waals surface area contributed by atoms with E-state index in [9.17, 15) is 9.90 Å². The molecule has 1 N–H and O–H groups in total. The summed E-state index contributed by atoms with van der Waals surface area (Å²) in [4.78, 5) is 16.4. The van der Waals surface area contributed by atoms with E-state index in [0.717, 1.165) is 44.1 Å². The SMILES string of the molecule is CC(C)(C)C(=O)/C=C(\O)C(C)(C)C.CC(C)c1cccc(C(C)C)c1-c1ccc2c(ccc3c(-c4[c-]c(C(C)C)c5oc6ccccc6c5c4)nccc32)c1.[Ir]. The summed E-state index contributed by atoms with van der Waals surface area (Å²) in [5.74, 6) is 1.28. The zero-order valence-corrected chi connectivity index (χ0v) is 37.4. The van der Waals surface area contributed by atoms with Crippen molar-refractivity contribution >= 4 is 49.3 Å². The Morgan fingerprint density at radius 2 is 1.34 bits per heavy atom. The zero-order valence-electron chi connectivity index (χ0n) is 35.0. The molecule has 1 radical (unpaired) electrons. The van der Waals surface area contributed by atoms with Crippen molar-refractivity contribution in [1.82, 2.24) is 4.98 Å². The number of carbonyl (C=O) groups is 1. The summed E-state index contributed by atoms with van der Waals surface area (Å²) in [5.41, 5.74) is 9.62. The standard InChI is InChI=1S/C40H36NO.C11H20O2.Ir/c1-23(2)29-11-9-12-30(24(3)4)38(29)27-15-16-31-26(20-27)14-17-34-32(31)18-19-41-39(34)28-21-35(25(5)6)40-36(22-28)33-10-7-8-13-37(33)42-40;1-10(2,3)8(12)7-9(13)11(4,5)6;/h7-20,22-25H,1-6H3;7,12H,1-6H3;/q-1;;/b;8-7-;. The molecule has 7 aromatic rings. The fourth-order valence-electron chi connectivity index (χ4n) is 7.13. The molecule has 0 bridgehead atoms. The molecule has 4 nitrogen and oxygen atoms in total. The van der Waals surface area contributed by atoms with Crippen LogP contribution in [0.15, 0.2) is 107 Å². The molecule has 0 saturated heterocycles. The Bertz CT molecular complexity index is 2550. The maximum absolute atomic E-state index is 11.5. The molecule has 0 fully saturated rings. The summed E-state index contributed by atoms with van der Waals surface area (Å²) in [7, 11) is 0. The molecular weight excluding hydrogens is 867 g/mol. The van der Waals surface area contributed by atoms with Crippen molar-refractivity contribution in [3.8, 4) is 22.4 Å². The summed E-state index contributed by atoms with van der Waals surface area (Å²) in [6.07, 6.45) is 3.27. The van der Waals surface area contributed by atoms with Crippen LogP contribution >= 0.6 is 0 Å². The third kappa shape index (κ3) is 8.55. The van der Waals surface area contributed by atoms with Gasteiger partial charge in [0.1, 0.15) is 11.3 Å². The van der Waals surface area contributed by atoms with Crippen molar-refractivity contribution in [2.24, 2.45) is 10.8 Å². The van der Waals surface area contributed by atoms with Crippen molar-refractivity contribution < 1.29 is 34.4 Å². The number of hydrogen-bond acceptors (Lipinski definition) is 4. The minimum atomic E-state index is -0.417. The van der Waals surface area contributed by atoms with Crippen LogP contribution in [0.1, 0.15) is 118 Å². The van der Waals surface area contributed by atoms with E-state index < -0.39 is 5.41 Å². The van der Waals surface area contributed by atoms with Gasteiger partial charge in [0.25, 0.3) is 0 Å². The van der Waals surface area contributed by atoms with Crippen molar-refractivity contribution in [3.05, 3.63) is 126 Å². The molecule has 5 heteroatoms. The third-order valence-corrected chi connectivity index (χ3v) is 10.5. The first-order valence-corrected chi connectivity index (χ1v) is 19.6. The molecule has 0 aliphatic carbocycles.